The van der Waals surface area contributed by atoms with Crippen molar-refractivity contribution in [2.45, 2.75) is 24.5 Å². The average molecular weight is 303 g/mol. The number of anilines is 1. The molecule has 0 aliphatic carbocycles. The van der Waals surface area contributed by atoms with Crippen molar-refractivity contribution in [1.82, 2.24) is 10.3 Å². The first kappa shape index (κ1) is 15.7. The Morgan fingerprint density at radius 3 is 3.10 bits per heavy atom. The standard InChI is InChI=1S/C16H21N3OS/c1-3-9-17-16(20)13-7-8-15(18-11-13)19-10-5-4-6-14(12-19)21-2/h1,7-8,11,14H,4-6,9-10,12H2,2H3,(H,17,20). The van der Waals surface area contributed by atoms with Gasteiger partial charge < -0.3 is 10.2 Å². The molecule has 0 saturated carbocycles. The van der Waals surface area contributed by atoms with Gasteiger partial charge in [-0.1, -0.05) is 12.3 Å². The third-order valence-electron chi connectivity index (χ3n) is 3.65. The monoisotopic (exact) mass is 303 g/mol. The predicted molar refractivity (Wildman–Crippen MR) is 88.8 cm³/mol. The van der Waals surface area contributed by atoms with Crippen LogP contribution >= 0.6 is 11.8 Å². The normalized spacial score (nSPS) is 18.7. The Hall–Kier alpha value is -1.67. The Kier molecular flexibility index (Phi) is 5.94. The van der Waals surface area contributed by atoms with Gasteiger partial charge in [-0.05, 0) is 31.2 Å². The minimum Gasteiger partial charge on any atom is -0.356 e. The minimum absolute atomic E-state index is 0.176. The molecule has 0 spiro atoms. The molecule has 2 heterocycles. The summed E-state index contributed by atoms with van der Waals surface area (Å²) in [6.45, 7) is 2.30. The number of terminal acetylenes is 1. The SMILES string of the molecule is C#CCNC(=O)c1ccc(N2CCCCC(SC)C2)nc1. The summed E-state index contributed by atoms with van der Waals surface area (Å²) in [6, 6.07) is 3.74. The highest BCUT2D eigenvalue weighted by Gasteiger charge is 2.18. The summed E-state index contributed by atoms with van der Waals surface area (Å²) < 4.78 is 0. The molecule has 1 atom stereocenters. The van der Waals surface area contributed by atoms with E-state index in [2.05, 4.69) is 27.4 Å². The van der Waals surface area contributed by atoms with Crippen LogP contribution in [0.2, 0.25) is 0 Å². The number of amides is 1. The smallest absolute Gasteiger partial charge is 0.253 e. The van der Waals surface area contributed by atoms with E-state index in [0.29, 0.717) is 10.8 Å². The van der Waals surface area contributed by atoms with Gasteiger partial charge in [0.2, 0.25) is 0 Å². The highest BCUT2D eigenvalue weighted by molar-refractivity contribution is 7.99. The van der Waals surface area contributed by atoms with Crippen molar-refractivity contribution in [1.29, 1.82) is 0 Å². The molecular formula is C16H21N3OS. The zero-order valence-electron chi connectivity index (χ0n) is 12.3. The molecule has 1 aromatic rings. The first-order valence-corrected chi connectivity index (χ1v) is 8.49. The summed E-state index contributed by atoms with van der Waals surface area (Å²) in [7, 11) is 0. The molecule has 0 aromatic carbocycles. The van der Waals surface area contributed by atoms with E-state index in [1.54, 1.807) is 6.20 Å². The molecule has 1 N–H and O–H groups in total. The lowest BCUT2D eigenvalue weighted by molar-refractivity contribution is 0.0958. The molecule has 1 fully saturated rings. The highest BCUT2D eigenvalue weighted by Crippen LogP contribution is 2.23. The van der Waals surface area contributed by atoms with E-state index < -0.39 is 0 Å². The van der Waals surface area contributed by atoms with Crippen LogP contribution in [0.25, 0.3) is 0 Å². The fourth-order valence-electron chi connectivity index (χ4n) is 2.44. The lowest BCUT2D eigenvalue weighted by atomic mass is 10.2. The second-order valence-corrected chi connectivity index (χ2v) is 6.23. The maximum Gasteiger partial charge on any atom is 0.253 e. The Bertz CT molecular complexity index is 509. The first-order valence-electron chi connectivity index (χ1n) is 7.20. The topological polar surface area (TPSA) is 45.2 Å². The van der Waals surface area contributed by atoms with Crippen LogP contribution in [-0.4, -0.2) is 42.0 Å². The van der Waals surface area contributed by atoms with Crippen molar-refractivity contribution >= 4 is 23.5 Å². The van der Waals surface area contributed by atoms with Crippen LogP contribution in [0.15, 0.2) is 18.3 Å². The number of carbonyl (C=O) groups excluding carboxylic acids is 1. The third kappa shape index (κ3) is 4.40. The second kappa shape index (κ2) is 7.94. The van der Waals surface area contributed by atoms with Crippen molar-refractivity contribution in [3.8, 4) is 12.3 Å². The van der Waals surface area contributed by atoms with Gasteiger partial charge in [0.05, 0.1) is 12.1 Å². The van der Waals surface area contributed by atoms with Crippen LogP contribution in [0.5, 0.6) is 0 Å². The van der Waals surface area contributed by atoms with Gasteiger partial charge in [-0.3, -0.25) is 4.79 Å². The van der Waals surface area contributed by atoms with Crippen LogP contribution in [0, 0.1) is 12.3 Å². The van der Waals surface area contributed by atoms with Crippen molar-refractivity contribution < 1.29 is 4.79 Å². The lowest BCUT2D eigenvalue weighted by Gasteiger charge is -2.24. The van der Waals surface area contributed by atoms with Crippen LogP contribution in [0.1, 0.15) is 29.6 Å². The van der Waals surface area contributed by atoms with E-state index >= 15 is 0 Å². The molecule has 4 nitrogen and oxygen atoms in total. The van der Waals surface area contributed by atoms with E-state index in [0.717, 1.165) is 18.9 Å². The zero-order chi connectivity index (χ0) is 15.1. The minimum atomic E-state index is -0.176. The van der Waals surface area contributed by atoms with Crippen molar-refractivity contribution in [3.63, 3.8) is 0 Å². The van der Waals surface area contributed by atoms with E-state index in [9.17, 15) is 4.79 Å². The largest absolute Gasteiger partial charge is 0.356 e. The molecule has 1 aromatic heterocycles. The molecule has 1 unspecified atom stereocenters. The summed E-state index contributed by atoms with van der Waals surface area (Å²) in [5.41, 5.74) is 0.547. The quantitative estimate of drug-likeness (QED) is 0.866. The highest BCUT2D eigenvalue weighted by atomic mass is 32.2. The number of aromatic nitrogens is 1. The molecule has 0 bridgehead atoms. The van der Waals surface area contributed by atoms with E-state index in [1.165, 1.54) is 19.3 Å². The molecule has 1 saturated heterocycles. The fraction of sp³-hybridized carbons (Fsp3) is 0.500. The van der Waals surface area contributed by atoms with E-state index in [1.807, 2.05) is 23.9 Å². The molecule has 112 valence electrons. The number of carbonyl (C=O) groups is 1. The Labute approximate surface area is 130 Å². The second-order valence-electron chi connectivity index (χ2n) is 5.09. The summed E-state index contributed by atoms with van der Waals surface area (Å²) in [6.07, 6.45) is 12.7. The van der Waals surface area contributed by atoms with Gasteiger partial charge in [0.15, 0.2) is 0 Å². The summed E-state index contributed by atoms with van der Waals surface area (Å²) in [5.74, 6) is 3.16. The Balaban J connectivity index is 2.04. The maximum atomic E-state index is 11.8. The van der Waals surface area contributed by atoms with Gasteiger partial charge in [-0.25, -0.2) is 4.98 Å². The first-order chi connectivity index (χ1) is 10.2. The van der Waals surface area contributed by atoms with Gasteiger partial charge in [0.25, 0.3) is 5.91 Å². The zero-order valence-corrected chi connectivity index (χ0v) is 13.2. The predicted octanol–water partition coefficient (Wildman–Crippen LogP) is 2.17. The third-order valence-corrected chi connectivity index (χ3v) is 4.70. The number of nitrogens with zero attached hydrogens (tertiary/aromatic N) is 2. The van der Waals surface area contributed by atoms with Crippen LogP contribution < -0.4 is 10.2 Å². The average Bonchev–Trinajstić information content (AvgIpc) is 2.78. The number of pyridine rings is 1. The molecule has 0 radical (unpaired) electrons. The van der Waals surface area contributed by atoms with Crippen molar-refractivity contribution in [2.75, 3.05) is 30.8 Å². The molecule has 1 amide bonds. The number of hydrogen-bond donors (Lipinski definition) is 1. The fourth-order valence-corrected chi connectivity index (χ4v) is 3.18. The van der Waals surface area contributed by atoms with E-state index in [4.69, 9.17) is 6.42 Å². The van der Waals surface area contributed by atoms with Crippen LogP contribution in [0.4, 0.5) is 5.82 Å². The Morgan fingerprint density at radius 1 is 1.57 bits per heavy atom. The molecular weight excluding hydrogens is 282 g/mol. The maximum absolute atomic E-state index is 11.8. The Morgan fingerprint density at radius 2 is 2.43 bits per heavy atom. The van der Waals surface area contributed by atoms with Gasteiger partial charge in [-0.15, -0.1) is 6.42 Å². The number of rotatable bonds is 4. The molecule has 1 aliphatic rings. The molecule has 2 rings (SSSR count). The summed E-state index contributed by atoms with van der Waals surface area (Å²) >= 11 is 1.92. The van der Waals surface area contributed by atoms with Crippen molar-refractivity contribution in [3.05, 3.63) is 23.9 Å². The number of thioether (sulfide) groups is 1. The van der Waals surface area contributed by atoms with Gasteiger partial charge in [0.1, 0.15) is 5.82 Å². The van der Waals surface area contributed by atoms with E-state index in [-0.39, 0.29) is 12.5 Å². The molecule has 1 aliphatic heterocycles. The van der Waals surface area contributed by atoms with Crippen LogP contribution in [0.3, 0.4) is 0 Å². The summed E-state index contributed by atoms with van der Waals surface area (Å²) in [5, 5.41) is 3.30. The lowest BCUT2D eigenvalue weighted by Crippen LogP contribution is -2.30. The number of hydrogen-bond acceptors (Lipinski definition) is 4. The van der Waals surface area contributed by atoms with Gasteiger partial charge >= 0.3 is 0 Å². The molecule has 5 heteroatoms. The van der Waals surface area contributed by atoms with Gasteiger partial charge in [-0.2, -0.15) is 11.8 Å². The number of nitrogens with one attached hydrogen (secondary N) is 1. The molecule has 21 heavy (non-hydrogen) atoms. The van der Waals surface area contributed by atoms with Crippen molar-refractivity contribution in [2.24, 2.45) is 0 Å². The summed E-state index contributed by atoms with van der Waals surface area (Å²) in [4.78, 5) is 18.5. The van der Waals surface area contributed by atoms with Gasteiger partial charge in [0, 0.05) is 24.5 Å². The van der Waals surface area contributed by atoms with Crippen LogP contribution in [-0.2, 0) is 0 Å².